The number of ether oxygens (including phenoxy) is 2. The molecule has 8 nitrogen and oxygen atoms in total. The van der Waals surface area contributed by atoms with E-state index >= 15 is 0 Å². The summed E-state index contributed by atoms with van der Waals surface area (Å²) < 4.78 is 12.4. The second kappa shape index (κ2) is 11.8. The molecular weight excluding hydrogens is 520 g/mol. The number of halogens is 1. The second-order valence-corrected chi connectivity index (χ2v) is 11.1. The number of likely N-dealkylation sites (tertiary alicyclic amines) is 1. The van der Waals surface area contributed by atoms with Gasteiger partial charge in [0.05, 0.1) is 35.4 Å². The minimum absolute atomic E-state index is 0.0528. The molecule has 3 fully saturated rings. The molecule has 2 bridgehead atoms. The fourth-order valence-corrected chi connectivity index (χ4v) is 7.21. The first kappa shape index (κ1) is 29.3. The molecule has 2 amide bonds. The summed E-state index contributed by atoms with van der Waals surface area (Å²) in [5.74, 6) is -2.89. The molecule has 0 saturated carbocycles. The van der Waals surface area contributed by atoms with Crippen LogP contribution < -0.4 is 4.90 Å². The minimum atomic E-state index is -1.21. The van der Waals surface area contributed by atoms with Gasteiger partial charge in [-0.2, -0.15) is 0 Å². The van der Waals surface area contributed by atoms with Gasteiger partial charge < -0.3 is 24.4 Å². The highest BCUT2D eigenvalue weighted by molar-refractivity contribution is 6.34. The number of amides is 2. The maximum Gasteiger partial charge on any atom is 0.312 e. The van der Waals surface area contributed by atoms with E-state index in [0.717, 1.165) is 18.4 Å². The zero-order valence-electron chi connectivity index (χ0n) is 22.9. The fraction of sp³-hybridized carbons (Fsp3) is 0.567. The number of aryl methyl sites for hydroxylation is 1. The predicted octanol–water partition coefficient (Wildman–Crippen LogP) is 4.21. The molecule has 3 heterocycles. The SMILES string of the molecule is C=CCCCCOC(=O)[C@@H]1[C@H]2C(=O)N(CCO)C(C(=O)N(CC=C)c3c(C)cccc3Cl)C23CC[C@@]1(CC)O3. The number of unbranched alkanes of at least 4 members (excludes halogenated alkanes) is 2. The Morgan fingerprint density at radius 3 is 2.69 bits per heavy atom. The van der Waals surface area contributed by atoms with Gasteiger partial charge in [0.25, 0.3) is 5.91 Å². The van der Waals surface area contributed by atoms with Crippen LogP contribution in [0.4, 0.5) is 5.69 Å². The van der Waals surface area contributed by atoms with Crippen molar-refractivity contribution >= 4 is 35.1 Å². The number of carbonyl (C=O) groups excluding carboxylic acids is 3. The number of aliphatic hydroxyl groups excluding tert-OH is 1. The average molecular weight is 559 g/mol. The van der Waals surface area contributed by atoms with Gasteiger partial charge >= 0.3 is 5.97 Å². The summed E-state index contributed by atoms with van der Waals surface area (Å²) in [6.07, 6.45) is 7.30. The number of benzene rings is 1. The largest absolute Gasteiger partial charge is 0.465 e. The maximum atomic E-state index is 14.5. The van der Waals surface area contributed by atoms with Crippen LogP contribution in [0.1, 0.15) is 51.0 Å². The topological polar surface area (TPSA) is 96.4 Å². The van der Waals surface area contributed by atoms with Crippen molar-refractivity contribution in [2.24, 2.45) is 11.8 Å². The number of hydrogen-bond acceptors (Lipinski definition) is 6. The minimum Gasteiger partial charge on any atom is -0.465 e. The lowest BCUT2D eigenvalue weighted by atomic mass is 9.65. The van der Waals surface area contributed by atoms with Crippen molar-refractivity contribution in [2.45, 2.75) is 69.6 Å². The molecule has 0 radical (unpaired) electrons. The Morgan fingerprint density at radius 1 is 1.28 bits per heavy atom. The van der Waals surface area contributed by atoms with Gasteiger partial charge in [0.2, 0.25) is 5.91 Å². The van der Waals surface area contributed by atoms with E-state index in [1.54, 1.807) is 12.1 Å². The third-order valence-corrected chi connectivity index (χ3v) is 8.90. The van der Waals surface area contributed by atoms with E-state index in [1.807, 2.05) is 32.1 Å². The van der Waals surface area contributed by atoms with E-state index in [-0.39, 0.29) is 38.1 Å². The van der Waals surface area contributed by atoms with Crippen LogP contribution in [-0.2, 0) is 23.9 Å². The molecule has 9 heteroatoms. The fourth-order valence-electron chi connectivity index (χ4n) is 6.89. The molecular formula is C30H39ClN2O6. The van der Waals surface area contributed by atoms with Crippen molar-refractivity contribution in [3.63, 3.8) is 0 Å². The Morgan fingerprint density at radius 2 is 2.05 bits per heavy atom. The summed E-state index contributed by atoms with van der Waals surface area (Å²) in [5, 5.41) is 10.3. The van der Waals surface area contributed by atoms with Crippen LogP contribution in [0.2, 0.25) is 5.02 Å². The molecule has 1 spiro atoms. The molecule has 0 aliphatic carbocycles. The van der Waals surface area contributed by atoms with E-state index in [1.165, 1.54) is 9.80 Å². The first-order valence-electron chi connectivity index (χ1n) is 13.8. The molecule has 1 aromatic rings. The normalized spacial score (nSPS) is 28.9. The Balaban J connectivity index is 1.73. The van der Waals surface area contributed by atoms with Crippen molar-refractivity contribution in [3.8, 4) is 0 Å². The Hall–Kier alpha value is -2.68. The number of β-amino-alcohol motifs (C(OH)–C–C–N with tert-alkyl or cyclic N) is 1. The lowest BCUT2D eigenvalue weighted by Crippen LogP contribution is -2.57. The molecule has 0 aromatic heterocycles. The third kappa shape index (κ3) is 4.81. The standard InChI is InChI=1S/C30H39ClN2O6/c1-5-8-9-10-19-38-28(37)23-22-26(35)33(17-18-34)25(30(22)15-14-29(23,7-3)39-30)27(36)32(16-6-2)24-20(4)12-11-13-21(24)31/h5-6,11-13,22-23,25,34H,1-2,7-10,14-19H2,3-4H3/t22-,23-,25?,29+,30?/m0/s1. The summed E-state index contributed by atoms with van der Waals surface area (Å²) in [4.78, 5) is 45.0. The van der Waals surface area contributed by atoms with Gasteiger partial charge in [-0.05, 0) is 57.1 Å². The number of carbonyl (C=O) groups is 3. The molecule has 5 atom stereocenters. The highest BCUT2D eigenvalue weighted by atomic mass is 35.5. The Bertz CT molecular complexity index is 1120. The number of esters is 1. The number of anilines is 1. The molecule has 3 aliphatic heterocycles. The summed E-state index contributed by atoms with van der Waals surface area (Å²) in [5.41, 5.74) is -0.759. The van der Waals surface area contributed by atoms with Gasteiger partial charge in [0.15, 0.2) is 0 Å². The molecule has 4 rings (SSSR count). The smallest absolute Gasteiger partial charge is 0.312 e. The van der Waals surface area contributed by atoms with Gasteiger partial charge in [0.1, 0.15) is 17.6 Å². The van der Waals surface area contributed by atoms with E-state index in [2.05, 4.69) is 13.2 Å². The van der Waals surface area contributed by atoms with Crippen molar-refractivity contribution in [3.05, 3.63) is 54.1 Å². The first-order valence-corrected chi connectivity index (χ1v) is 14.2. The van der Waals surface area contributed by atoms with E-state index < -0.39 is 35.0 Å². The highest BCUT2D eigenvalue weighted by Crippen LogP contribution is 2.64. The van der Waals surface area contributed by atoms with Gasteiger partial charge in [-0.3, -0.25) is 14.4 Å². The van der Waals surface area contributed by atoms with Crippen molar-refractivity contribution in [1.82, 2.24) is 4.90 Å². The van der Waals surface area contributed by atoms with Crippen molar-refractivity contribution < 1.29 is 29.0 Å². The summed E-state index contributed by atoms with van der Waals surface area (Å²) >= 11 is 6.57. The number of aliphatic hydroxyl groups is 1. The Kier molecular flexibility index (Phi) is 8.88. The Labute approximate surface area is 235 Å². The van der Waals surface area contributed by atoms with Crippen LogP contribution in [0.3, 0.4) is 0 Å². The molecule has 3 aliphatic rings. The van der Waals surface area contributed by atoms with Gasteiger partial charge in [0, 0.05) is 13.1 Å². The zero-order valence-corrected chi connectivity index (χ0v) is 23.6. The number of nitrogens with zero attached hydrogens (tertiary/aromatic N) is 2. The van der Waals surface area contributed by atoms with Crippen molar-refractivity contribution in [2.75, 3.05) is 31.2 Å². The highest BCUT2D eigenvalue weighted by Gasteiger charge is 2.79. The molecule has 2 unspecified atom stereocenters. The average Bonchev–Trinajstić information content (AvgIpc) is 3.51. The molecule has 1 aromatic carbocycles. The van der Waals surface area contributed by atoms with Gasteiger partial charge in [-0.25, -0.2) is 0 Å². The van der Waals surface area contributed by atoms with Crippen LogP contribution in [0, 0.1) is 18.8 Å². The predicted molar refractivity (Wildman–Crippen MR) is 149 cm³/mol. The lowest BCUT2D eigenvalue weighted by Gasteiger charge is -2.37. The summed E-state index contributed by atoms with van der Waals surface area (Å²) in [6.45, 7) is 11.4. The zero-order chi connectivity index (χ0) is 28.4. The second-order valence-electron chi connectivity index (χ2n) is 10.7. The molecule has 1 N–H and O–H groups in total. The molecule has 3 saturated heterocycles. The number of fused-ring (bicyclic) bond motifs is 1. The number of para-hydroxylation sites is 1. The van der Waals surface area contributed by atoms with Crippen LogP contribution in [0.15, 0.2) is 43.5 Å². The van der Waals surface area contributed by atoms with Crippen LogP contribution >= 0.6 is 11.6 Å². The number of rotatable bonds is 13. The summed E-state index contributed by atoms with van der Waals surface area (Å²) in [6, 6.07) is 4.35. The maximum absolute atomic E-state index is 14.5. The lowest BCUT2D eigenvalue weighted by molar-refractivity contribution is -0.161. The van der Waals surface area contributed by atoms with Crippen LogP contribution in [-0.4, -0.2) is 71.3 Å². The number of allylic oxidation sites excluding steroid dienone is 1. The summed E-state index contributed by atoms with van der Waals surface area (Å²) in [7, 11) is 0. The van der Waals surface area contributed by atoms with Crippen LogP contribution in [0.25, 0.3) is 0 Å². The quantitative estimate of drug-likeness (QED) is 0.221. The van der Waals surface area contributed by atoms with Crippen LogP contribution in [0.5, 0.6) is 0 Å². The van der Waals surface area contributed by atoms with E-state index in [0.29, 0.717) is 36.4 Å². The number of hydrogen-bond donors (Lipinski definition) is 1. The first-order chi connectivity index (χ1) is 18.7. The van der Waals surface area contributed by atoms with Gasteiger partial charge in [-0.15, -0.1) is 13.2 Å². The third-order valence-electron chi connectivity index (χ3n) is 8.59. The molecule has 212 valence electrons. The van der Waals surface area contributed by atoms with Gasteiger partial charge in [-0.1, -0.05) is 42.8 Å². The van der Waals surface area contributed by atoms with E-state index in [9.17, 15) is 19.5 Å². The monoisotopic (exact) mass is 558 g/mol. The van der Waals surface area contributed by atoms with E-state index in [4.69, 9.17) is 21.1 Å². The molecule has 39 heavy (non-hydrogen) atoms. The van der Waals surface area contributed by atoms with Crippen molar-refractivity contribution in [1.29, 1.82) is 0 Å².